The Kier molecular flexibility index (Phi) is 3.96. The molecule has 26 heavy (non-hydrogen) atoms. The molecule has 0 saturated heterocycles. The molecule has 1 aliphatic rings. The van der Waals surface area contributed by atoms with Crippen molar-refractivity contribution in [3.63, 3.8) is 0 Å². The summed E-state index contributed by atoms with van der Waals surface area (Å²) in [4.78, 5) is 0. The van der Waals surface area contributed by atoms with Crippen LogP contribution in [0.5, 0.6) is 11.6 Å². The molecule has 2 heterocycles. The van der Waals surface area contributed by atoms with Crippen molar-refractivity contribution in [1.29, 1.82) is 0 Å². The van der Waals surface area contributed by atoms with E-state index in [4.69, 9.17) is 9.47 Å². The first-order chi connectivity index (χ1) is 12.5. The third-order valence-corrected chi connectivity index (χ3v) is 4.27. The number of alkyl halides is 3. The number of ether oxygens (including phenoxy) is 3. The summed E-state index contributed by atoms with van der Waals surface area (Å²) in [5.74, 6) is 0.420. The zero-order chi connectivity index (χ0) is 18.3. The number of nitrogens with zero attached hydrogens (tertiary/aromatic N) is 1. The lowest BCUT2D eigenvalue weighted by Gasteiger charge is -2.10. The number of methoxy groups -OCH3 is 1. The van der Waals surface area contributed by atoms with Gasteiger partial charge >= 0.3 is 18.5 Å². The molecule has 1 aliphatic heterocycles. The van der Waals surface area contributed by atoms with Crippen LogP contribution in [0.2, 0.25) is 0 Å². The van der Waals surface area contributed by atoms with Crippen molar-refractivity contribution in [2.45, 2.75) is 12.6 Å². The summed E-state index contributed by atoms with van der Waals surface area (Å²) < 4.78 is 54.3. The molecule has 1 atom stereocenters. The van der Waals surface area contributed by atoms with Gasteiger partial charge in [-0.3, -0.25) is 0 Å². The van der Waals surface area contributed by atoms with Gasteiger partial charge < -0.3 is 14.2 Å². The van der Waals surface area contributed by atoms with Crippen LogP contribution in [0.1, 0.15) is 6.23 Å². The third-order valence-electron chi connectivity index (χ3n) is 4.27. The van der Waals surface area contributed by atoms with E-state index in [0.717, 1.165) is 22.0 Å². The smallest absolute Gasteiger partial charge is 0.434 e. The summed E-state index contributed by atoms with van der Waals surface area (Å²) in [5.41, 5.74) is 1.53. The molecule has 1 unspecified atom stereocenters. The highest BCUT2D eigenvalue weighted by Crippen LogP contribution is 2.33. The predicted octanol–water partition coefficient (Wildman–Crippen LogP) is 4.23. The lowest BCUT2D eigenvalue weighted by atomic mass is 10.1. The molecule has 0 radical (unpaired) electrons. The van der Waals surface area contributed by atoms with Gasteiger partial charge in [0.1, 0.15) is 5.75 Å². The Bertz CT molecular complexity index is 955. The van der Waals surface area contributed by atoms with Crippen molar-refractivity contribution >= 4 is 10.8 Å². The maximum atomic E-state index is 12.4. The van der Waals surface area contributed by atoms with Crippen LogP contribution >= 0.6 is 0 Å². The van der Waals surface area contributed by atoms with Crippen molar-refractivity contribution in [2.75, 3.05) is 13.7 Å². The van der Waals surface area contributed by atoms with Gasteiger partial charge in [-0.15, -0.1) is 17.7 Å². The summed E-state index contributed by atoms with van der Waals surface area (Å²) in [6, 6.07) is 15.5. The van der Waals surface area contributed by atoms with E-state index in [9.17, 15) is 13.2 Å². The van der Waals surface area contributed by atoms with Crippen LogP contribution in [0.15, 0.2) is 54.6 Å². The van der Waals surface area contributed by atoms with Crippen molar-refractivity contribution < 1.29 is 31.9 Å². The Balaban J connectivity index is 1.84. The molecule has 0 aliphatic carbocycles. The van der Waals surface area contributed by atoms with Crippen molar-refractivity contribution in [1.82, 2.24) is 0 Å². The number of pyridine rings is 1. The molecular formula is C19H15F3NO3+. The molecule has 3 aromatic rings. The van der Waals surface area contributed by atoms with Gasteiger partial charge in [-0.2, -0.15) is 0 Å². The average Bonchev–Trinajstić information content (AvgIpc) is 3.05. The van der Waals surface area contributed by atoms with E-state index in [1.54, 1.807) is 19.2 Å². The average molecular weight is 362 g/mol. The number of halogens is 3. The second-order valence-corrected chi connectivity index (χ2v) is 5.87. The topological polar surface area (TPSA) is 31.6 Å². The Labute approximate surface area is 147 Å². The van der Waals surface area contributed by atoms with E-state index in [-0.39, 0.29) is 12.0 Å². The maximum absolute atomic E-state index is 12.4. The number of benzene rings is 2. The van der Waals surface area contributed by atoms with E-state index in [0.29, 0.717) is 12.5 Å². The molecule has 0 spiro atoms. The third kappa shape index (κ3) is 2.94. The lowest BCUT2D eigenvalue weighted by Crippen LogP contribution is -2.39. The molecular weight excluding hydrogens is 347 g/mol. The number of aromatic nitrogens is 1. The zero-order valence-corrected chi connectivity index (χ0v) is 13.8. The molecule has 134 valence electrons. The highest BCUT2D eigenvalue weighted by atomic mass is 19.4. The van der Waals surface area contributed by atoms with Crippen molar-refractivity contribution in [3.05, 3.63) is 54.6 Å². The van der Waals surface area contributed by atoms with Crippen LogP contribution in [-0.4, -0.2) is 20.1 Å². The summed E-state index contributed by atoms with van der Waals surface area (Å²) >= 11 is 0. The standard InChI is InChI=1S/C19H15F3NO3/c1-24-17-11-25-18-15-5-3-2-4-13(15)10-16(23(17)18)12-6-8-14(9-7-12)26-19(20,21)22/h2-10,17H,11H2,1H3/q+1. The highest BCUT2D eigenvalue weighted by Gasteiger charge is 2.38. The van der Waals surface area contributed by atoms with E-state index in [1.807, 2.05) is 34.9 Å². The van der Waals surface area contributed by atoms with Crippen LogP contribution in [0.25, 0.3) is 22.0 Å². The maximum Gasteiger partial charge on any atom is 0.573 e. The minimum Gasteiger partial charge on any atom is -0.434 e. The normalized spacial score (nSPS) is 16.4. The van der Waals surface area contributed by atoms with Crippen molar-refractivity contribution in [2.24, 2.45) is 0 Å². The van der Waals surface area contributed by atoms with Gasteiger partial charge in [0.25, 0.3) is 0 Å². The van der Waals surface area contributed by atoms with Gasteiger partial charge in [0, 0.05) is 18.7 Å². The summed E-state index contributed by atoms with van der Waals surface area (Å²) in [6.07, 6.45) is -5.02. The largest absolute Gasteiger partial charge is 0.573 e. The number of hydrogen-bond acceptors (Lipinski definition) is 3. The Morgan fingerprint density at radius 2 is 1.81 bits per heavy atom. The minimum atomic E-state index is -4.71. The SMILES string of the molecule is COC1COc2c3ccccc3cc(-c3ccc(OC(F)(F)F)cc3)[n+]21. The fourth-order valence-electron chi connectivity index (χ4n) is 3.15. The van der Waals surface area contributed by atoms with Crippen LogP contribution in [0.4, 0.5) is 13.2 Å². The number of fused-ring (bicyclic) bond motifs is 3. The molecule has 7 heteroatoms. The van der Waals surface area contributed by atoms with Gasteiger partial charge in [-0.1, -0.05) is 18.2 Å². The fourth-order valence-corrected chi connectivity index (χ4v) is 3.15. The van der Waals surface area contributed by atoms with Gasteiger partial charge in [0.05, 0.1) is 5.39 Å². The number of hydrogen-bond donors (Lipinski definition) is 0. The molecule has 2 aromatic carbocycles. The van der Waals surface area contributed by atoms with Crippen LogP contribution in [-0.2, 0) is 4.74 Å². The summed E-state index contributed by atoms with van der Waals surface area (Å²) in [5, 5.41) is 1.92. The summed E-state index contributed by atoms with van der Waals surface area (Å²) in [6.45, 7) is 0.368. The minimum absolute atomic E-state index is 0.261. The first-order valence-corrected chi connectivity index (χ1v) is 7.95. The lowest BCUT2D eigenvalue weighted by molar-refractivity contribution is -0.731. The van der Waals surface area contributed by atoms with Gasteiger partial charge in [-0.05, 0) is 35.7 Å². The van der Waals surface area contributed by atoms with E-state index in [1.165, 1.54) is 12.1 Å². The van der Waals surface area contributed by atoms with Crippen LogP contribution in [0.3, 0.4) is 0 Å². The van der Waals surface area contributed by atoms with Crippen LogP contribution in [0, 0.1) is 0 Å². The summed E-state index contributed by atoms with van der Waals surface area (Å²) in [7, 11) is 1.59. The zero-order valence-electron chi connectivity index (χ0n) is 13.8. The molecule has 0 fully saturated rings. The highest BCUT2D eigenvalue weighted by molar-refractivity contribution is 5.88. The second kappa shape index (κ2) is 6.17. The fraction of sp³-hybridized carbons (Fsp3) is 0.211. The van der Waals surface area contributed by atoms with E-state index in [2.05, 4.69) is 4.74 Å². The molecule has 4 rings (SSSR count). The van der Waals surface area contributed by atoms with Gasteiger partial charge in [-0.25, -0.2) is 0 Å². The van der Waals surface area contributed by atoms with Crippen LogP contribution < -0.4 is 14.0 Å². The quantitative estimate of drug-likeness (QED) is 0.654. The molecule has 1 aromatic heterocycles. The molecule has 0 amide bonds. The van der Waals surface area contributed by atoms with Gasteiger partial charge in [0.2, 0.25) is 5.69 Å². The van der Waals surface area contributed by atoms with E-state index >= 15 is 0 Å². The predicted molar refractivity (Wildman–Crippen MR) is 87.8 cm³/mol. The Hall–Kier alpha value is -2.80. The number of rotatable bonds is 3. The van der Waals surface area contributed by atoms with Crippen molar-refractivity contribution in [3.8, 4) is 22.9 Å². The monoisotopic (exact) mass is 362 g/mol. The molecule has 0 N–H and O–H groups in total. The van der Waals surface area contributed by atoms with Gasteiger partial charge in [0.15, 0.2) is 6.61 Å². The molecule has 0 saturated carbocycles. The molecule has 4 nitrogen and oxygen atoms in total. The Morgan fingerprint density at radius 3 is 2.50 bits per heavy atom. The van der Waals surface area contributed by atoms with E-state index < -0.39 is 6.36 Å². The first kappa shape index (κ1) is 16.7. The molecule has 0 bridgehead atoms. The second-order valence-electron chi connectivity index (χ2n) is 5.87. The Morgan fingerprint density at radius 1 is 1.08 bits per heavy atom. The first-order valence-electron chi connectivity index (χ1n) is 7.95.